The molecular weight excluding hydrogens is 203 g/mol. The number of rotatable bonds is 6. The van der Waals surface area contributed by atoms with Gasteiger partial charge in [-0.05, 0) is 6.42 Å². The lowest BCUT2D eigenvalue weighted by atomic mass is 10.1. The van der Waals surface area contributed by atoms with Crippen molar-refractivity contribution < 1.29 is 18.9 Å². The van der Waals surface area contributed by atoms with Crippen LogP contribution in [0.15, 0.2) is 0 Å². The molecule has 0 rings (SSSR count). The van der Waals surface area contributed by atoms with Gasteiger partial charge in [-0.2, -0.15) is 5.12 Å². The van der Waals surface area contributed by atoms with Gasteiger partial charge in [-0.3, -0.25) is 9.59 Å². The summed E-state index contributed by atoms with van der Waals surface area (Å²) in [6, 6.07) is -0.816. The topological polar surface area (TPSA) is 58.6 Å². The minimum atomic E-state index is -0.816. The fraction of sp³-hybridized carbons (Fsp3) is 0.778. The summed E-state index contributed by atoms with van der Waals surface area (Å²) in [6.07, 6.45) is 2.05. The zero-order valence-electron chi connectivity index (χ0n) is 9.25. The number of nitrogens with one attached hydrogen (secondary N) is 1. The monoisotopic (exact) mass is 220 g/mol. The number of nitrogens with zero attached hydrogens (tertiary/aromatic N) is 1. The molecule has 0 bridgehead atoms. The highest BCUT2D eigenvalue weighted by atomic mass is 19.2. The lowest BCUT2D eigenvalue weighted by Gasteiger charge is -2.17. The van der Waals surface area contributed by atoms with E-state index in [1.54, 1.807) is 0 Å². The SMILES string of the molecule is CCCC[C@H](NOC(C)=O)C(=O)N(C)F. The Morgan fingerprint density at radius 2 is 2.13 bits per heavy atom. The first kappa shape index (κ1) is 13.8. The van der Waals surface area contributed by atoms with Gasteiger partial charge in [0, 0.05) is 14.0 Å². The van der Waals surface area contributed by atoms with E-state index in [2.05, 4.69) is 10.3 Å². The largest absolute Gasteiger partial charge is 0.370 e. The fourth-order valence-corrected chi connectivity index (χ4v) is 1.01. The van der Waals surface area contributed by atoms with E-state index >= 15 is 0 Å². The molecule has 0 unspecified atom stereocenters. The van der Waals surface area contributed by atoms with Crippen LogP contribution in [0.5, 0.6) is 0 Å². The second-order valence-corrected chi connectivity index (χ2v) is 3.22. The van der Waals surface area contributed by atoms with Crippen molar-refractivity contribution in [1.29, 1.82) is 0 Å². The van der Waals surface area contributed by atoms with Crippen molar-refractivity contribution in [3.8, 4) is 0 Å². The Morgan fingerprint density at radius 3 is 2.53 bits per heavy atom. The molecule has 0 fully saturated rings. The molecule has 0 aromatic rings. The van der Waals surface area contributed by atoms with Gasteiger partial charge >= 0.3 is 5.97 Å². The third-order valence-corrected chi connectivity index (χ3v) is 1.79. The molecule has 0 aliphatic heterocycles. The molecule has 0 aliphatic rings. The molecule has 0 saturated carbocycles. The third kappa shape index (κ3) is 6.01. The smallest absolute Gasteiger partial charge is 0.321 e. The van der Waals surface area contributed by atoms with Crippen molar-refractivity contribution in [3.63, 3.8) is 0 Å². The maximum atomic E-state index is 12.6. The molecule has 0 heterocycles. The molecule has 0 saturated heterocycles. The predicted molar refractivity (Wildman–Crippen MR) is 52.1 cm³/mol. The van der Waals surface area contributed by atoms with E-state index in [0.717, 1.165) is 19.9 Å². The summed E-state index contributed by atoms with van der Waals surface area (Å²) >= 11 is 0. The summed E-state index contributed by atoms with van der Waals surface area (Å²) < 4.78 is 12.6. The van der Waals surface area contributed by atoms with Crippen LogP contribution in [-0.2, 0) is 14.4 Å². The normalized spacial score (nSPS) is 12.0. The highest BCUT2D eigenvalue weighted by Crippen LogP contribution is 2.04. The summed E-state index contributed by atoms with van der Waals surface area (Å²) in [7, 11) is 1.01. The average Bonchev–Trinajstić information content (AvgIpc) is 2.16. The average molecular weight is 220 g/mol. The van der Waals surface area contributed by atoms with Crippen molar-refractivity contribution in [2.45, 2.75) is 39.2 Å². The summed E-state index contributed by atoms with van der Waals surface area (Å²) in [5.74, 6) is -1.31. The Balaban J connectivity index is 4.17. The van der Waals surface area contributed by atoms with Crippen LogP contribution in [-0.4, -0.2) is 30.1 Å². The van der Waals surface area contributed by atoms with E-state index < -0.39 is 17.9 Å². The molecule has 88 valence electrons. The van der Waals surface area contributed by atoms with Crippen LogP contribution < -0.4 is 5.48 Å². The Hall–Kier alpha value is -1.17. The minimum Gasteiger partial charge on any atom is -0.370 e. The van der Waals surface area contributed by atoms with Gasteiger partial charge in [0.1, 0.15) is 6.04 Å². The molecule has 0 radical (unpaired) electrons. The predicted octanol–water partition coefficient (Wildman–Crippen LogP) is 0.956. The Kier molecular flexibility index (Phi) is 6.61. The Morgan fingerprint density at radius 1 is 1.53 bits per heavy atom. The molecule has 6 heteroatoms. The van der Waals surface area contributed by atoms with Crippen molar-refractivity contribution in [3.05, 3.63) is 0 Å². The lowest BCUT2D eigenvalue weighted by Crippen LogP contribution is -2.43. The number of carbonyl (C=O) groups excluding carboxylic acids is 2. The summed E-state index contributed by atoms with van der Waals surface area (Å²) in [6.45, 7) is 3.15. The first-order valence-electron chi connectivity index (χ1n) is 4.85. The van der Waals surface area contributed by atoms with Gasteiger partial charge < -0.3 is 4.84 Å². The van der Waals surface area contributed by atoms with E-state index in [1.165, 1.54) is 6.92 Å². The molecule has 5 nitrogen and oxygen atoms in total. The molecule has 15 heavy (non-hydrogen) atoms. The van der Waals surface area contributed by atoms with Crippen molar-refractivity contribution in [2.75, 3.05) is 7.05 Å². The summed E-state index contributed by atoms with van der Waals surface area (Å²) in [5, 5.41) is -0.0170. The van der Waals surface area contributed by atoms with Crippen molar-refractivity contribution in [1.82, 2.24) is 10.6 Å². The zero-order chi connectivity index (χ0) is 11.8. The second kappa shape index (κ2) is 7.17. The number of hydroxylamine groups is 1. The van der Waals surface area contributed by atoms with Gasteiger partial charge in [0.05, 0.1) is 0 Å². The van der Waals surface area contributed by atoms with E-state index in [1.807, 2.05) is 6.92 Å². The molecule has 1 N–H and O–H groups in total. The molecule has 0 aromatic heterocycles. The number of hydrogen-bond donors (Lipinski definition) is 1. The van der Waals surface area contributed by atoms with Crippen LogP contribution in [0.3, 0.4) is 0 Å². The van der Waals surface area contributed by atoms with Gasteiger partial charge in [0.25, 0.3) is 5.91 Å². The standard InChI is InChI=1S/C9H17FN2O3/c1-4-5-6-8(9(14)12(3)10)11-15-7(2)13/h8,11H,4-6H2,1-3H3/t8-/m0/s1. The first-order chi connectivity index (χ1) is 6.99. The maximum absolute atomic E-state index is 12.6. The van der Waals surface area contributed by atoms with Crippen LogP contribution in [0.4, 0.5) is 4.48 Å². The number of likely N-dealkylation sites (N-methyl/N-ethyl adjacent to an activating group) is 1. The molecule has 0 aliphatic carbocycles. The van der Waals surface area contributed by atoms with Gasteiger partial charge in [0.15, 0.2) is 0 Å². The van der Waals surface area contributed by atoms with Crippen LogP contribution in [0, 0.1) is 0 Å². The van der Waals surface area contributed by atoms with E-state index in [4.69, 9.17) is 0 Å². The quantitative estimate of drug-likeness (QED) is 0.535. The summed E-state index contributed by atoms with van der Waals surface area (Å²) in [5.41, 5.74) is 2.25. The summed E-state index contributed by atoms with van der Waals surface area (Å²) in [4.78, 5) is 26.2. The van der Waals surface area contributed by atoms with E-state index in [-0.39, 0.29) is 5.12 Å². The highest BCUT2D eigenvalue weighted by molar-refractivity contribution is 5.80. The third-order valence-electron chi connectivity index (χ3n) is 1.79. The van der Waals surface area contributed by atoms with Gasteiger partial charge in [-0.1, -0.05) is 24.2 Å². The molecule has 0 spiro atoms. The van der Waals surface area contributed by atoms with Gasteiger partial charge in [0.2, 0.25) is 0 Å². The fourth-order valence-electron chi connectivity index (χ4n) is 1.01. The molecule has 1 atom stereocenters. The first-order valence-corrected chi connectivity index (χ1v) is 4.85. The number of amides is 1. The minimum absolute atomic E-state index is 0.0170. The molecule has 0 aromatic carbocycles. The Bertz CT molecular complexity index is 221. The van der Waals surface area contributed by atoms with Crippen LogP contribution in [0.1, 0.15) is 33.1 Å². The van der Waals surface area contributed by atoms with E-state index in [9.17, 15) is 14.1 Å². The van der Waals surface area contributed by atoms with Crippen molar-refractivity contribution >= 4 is 11.9 Å². The number of unbranched alkanes of at least 4 members (excludes halogenated alkanes) is 1. The number of halogens is 1. The van der Waals surface area contributed by atoms with Gasteiger partial charge in [-0.25, -0.2) is 0 Å². The second-order valence-electron chi connectivity index (χ2n) is 3.22. The van der Waals surface area contributed by atoms with Crippen LogP contribution in [0.2, 0.25) is 0 Å². The van der Waals surface area contributed by atoms with Crippen LogP contribution in [0.25, 0.3) is 0 Å². The number of hydrogen-bond acceptors (Lipinski definition) is 4. The van der Waals surface area contributed by atoms with E-state index in [0.29, 0.717) is 6.42 Å². The Labute approximate surface area is 88.5 Å². The zero-order valence-corrected chi connectivity index (χ0v) is 9.25. The van der Waals surface area contributed by atoms with Crippen molar-refractivity contribution in [2.24, 2.45) is 0 Å². The van der Waals surface area contributed by atoms with Gasteiger partial charge in [-0.15, -0.1) is 5.48 Å². The maximum Gasteiger partial charge on any atom is 0.321 e. The number of carbonyl (C=O) groups is 2. The van der Waals surface area contributed by atoms with Crippen LogP contribution >= 0.6 is 0 Å². The lowest BCUT2D eigenvalue weighted by molar-refractivity contribution is -0.158. The molecule has 1 amide bonds. The highest BCUT2D eigenvalue weighted by Gasteiger charge is 2.22. The molecular formula is C9H17FN2O3.